The van der Waals surface area contributed by atoms with Crippen LogP contribution in [0.25, 0.3) is 0 Å². The number of aldehydes is 1. The van der Waals surface area contributed by atoms with Gasteiger partial charge in [-0.15, -0.1) is 0 Å². The van der Waals surface area contributed by atoms with Gasteiger partial charge in [-0.1, -0.05) is 6.07 Å². The Kier molecular flexibility index (Phi) is 6.32. The quantitative estimate of drug-likeness (QED) is 0.548. The summed E-state index contributed by atoms with van der Waals surface area (Å²) in [6, 6.07) is 14.2. The molecule has 0 atom stereocenters. The number of hydrogen-bond donors (Lipinski definition) is 0. The van der Waals surface area contributed by atoms with E-state index in [1.165, 1.54) is 13.2 Å². The highest BCUT2D eigenvalue weighted by atomic mass is 19.1. The summed E-state index contributed by atoms with van der Waals surface area (Å²) in [6.07, 6.45) is 2.08. The number of hydrogen-bond acceptors (Lipinski definition) is 4. The van der Waals surface area contributed by atoms with E-state index in [0.29, 0.717) is 31.5 Å². The van der Waals surface area contributed by atoms with Gasteiger partial charge in [-0.2, -0.15) is 5.26 Å². The number of ether oxygens (including phenoxy) is 1. The Morgan fingerprint density at radius 2 is 2.00 bits per heavy atom. The lowest BCUT2D eigenvalue weighted by Gasteiger charge is -2.25. The van der Waals surface area contributed by atoms with Crippen molar-refractivity contribution in [2.24, 2.45) is 0 Å². The molecule has 0 saturated carbocycles. The molecule has 0 aliphatic heterocycles. The fourth-order valence-electron chi connectivity index (χ4n) is 2.44. The maximum absolute atomic E-state index is 13.9. The first-order chi connectivity index (χ1) is 11.7. The molecule has 0 radical (unpaired) electrons. The van der Waals surface area contributed by atoms with Crippen LogP contribution < -0.4 is 9.64 Å². The van der Waals surface area contributed by atoms with Crippen LogP contribution in [0.5, 0.6) is 5.75 Å². The molecule has 0 aliphatic carbocycles. The average molecular weight is 326 g/mol. The largest absolute Gasteiger partial charge is 0.494 e. The van der Waals surface area contributed by atoms with Gasteiger partial charge in [0.2, 0.25) is 0 Å². The predicted octanol–water partition coefficient (Wildman–Crippen LogP) is 3.69. The number of carbonyl (C=O) groups is 1. The van der Waals surface area contributed by atoms with Gasteiger partial charge in [-0.3, -0.25) is 0 Å². The zero-order chi connectivity index (χ0) is 17.4. The van der Waals surface area contributed by atoms with Crippen molar-refractivity contribution in [1.82, 2.24) is 0 Å². The molecule has 5 heteroatoms. The minimum atomic E-state index is -0.400. The number of nitriles is 1. The van der Waals surface area contributed by atoms with E-state index >= 15 is 0 Å². The number of benzene rings is 2. The third-order valence-electron chi connectivity index (χ3n) is 3.70. The van der Waals surface area contributed by atoms with Gasteiger partial charge in [-0.25, -0.2) is 4.39 Å². The lowest BCUT2D eigenvalue weighted by molar-refractivity contribution is -0.107. The molecule has 2 aromatic carbocycles. The molecule has 0 aliphatic rings. The minimum Gasteiger partial charge on any atom is -0.494 e. The topological polar surface area (TPSA) is 53.3 Å². The number of carbonyl (C=O) groups excluding carboxylic acids is 1. The summed E-state index contributed by atoms with van der Waals surface area (Å²) in [4.78, 5) is 12.6. The summed E-state index contributed by atoms with van der Waals surface area (Å²) in [6.45, 7) is 1.17. The first-order valence-corrected chi connectivity index (χ1v) is 7.69. The average Bonchev–Trinajstić information content (AvgIpc) is 2.61. The summed E-state index contributed by atoms with van der Waals surface area (Å²) in [7, 11) is 1.43. The SMILES string of the molecule is COc1ccc(CN(CCCC=O)c2ccc(C#N)cc2)cc1F. The fraction of sp³-hybridized carbons (Fsp3) is 0.263. The van der Waals surface area contributed by atoms with Crippen molar-refractivity contribution >= 4 is 12.0 Å². The highest BCUT2D eigenvalue weighted by Crippen LogP contribution is 2.22. The van der Waals surface area contributed by atoms with Gasteiger partial charge in [-0.05, 0) is 48.4 Å². The molecule has 0 aromatic heterocycles. The van der Waals surface area contributed by atoms with Crippen LogP contribution in [0.3, 0.4) is 0 Å². The van der Waals surface area contributed by atoms with Crippen LogP contribution in [0.2, 0.25) is 0 Å². The third kappa shape index (κ3) is 4.56. The van der Waals surface area contributed by atoms with Gasteiger partial charge >= 0.3 is 0 Å². The van der Waals surface area contributed by atoms with Crippen molar-refractivity contribution in [3.05, 3.63) is 59.4 Å². The van der Waals surface area contributed by atoms with E-state index in [1.807, 2.05) is 18.2 Å². The Balaban J connectivity index is 2.20. The predicted molar refractivity (Wildman–Crippen MR) is 90.5 cm³/mol. The van der Waals surface area contributed by atoms with Gasteiger partial charge in [0.05, 0.1) is 18.7 Å². The number of methoxy groups -OCH3 is 1. The summed E-state index contributed by atoms with van der Waals surface area (Å²) < 4.78 is 18.8. The lowest BCUT2D eigenvalue weighted by Crippen LogP contribution is -2.24. The molecule has 24 heavy (non-hydrogen) atoms. The van der Waals surface area contributed by atoms with Gasteiger partial charge in [0.25, 0.3) is 0 Å². The summed E-state index contributed by atoms with van der Waals surface area (Å²) >= 11 is 0. The van der Waals surface area contributed by atoms with E-state index in [1.54, 1.807) is 18.2 Å². The Morgan fingerprint density at radius 3 is 2.58 bits per heavy atom. The summed E-state index contributed by atoms with van der Waals surface area (Å²) in [5.74, 6) is -0.188. The molecule has 0 saturated heterocycles. The number of unbranched alkanes of at least 4 members (excludes halogenated alkanes) is 1. The van der Waals surface area contributed by atoms with Crippen molar-refractivity contribution in [1.29, 1.82) is 5.26 Å². The van der Waals surface area contributed by atoms with Crippen LogP contribution in [-0.2, 0) is 11.3 Å². The summed E-state index contributed by atoms with van der Waals surface area (Å²) in [5, 5.41) is 8.90. The van der Waals surface area contributed by atoms with E-state index in [0.717, 1.165) is 17.5 Å². The second-order valence-corrected chi connectivity index (χ2v) is 5.36. The maximum Gasteiger partial charge on any atom is 0.165 e. The minimum absolute atomic E-state index is 0.213. The third-order valence-corrected chi connectivity index (χ3v) is 3.70. The number of anilines is 1. The summed E-state index contributed by atoms with van der Waals surface area (Å²) in [5.41, 5.74) is 2.32. The Bertz CT molecular complexity index is 723. The molecule has 0 fully saturated rings. The fourth-order valence-corrected chi connectivity index (χ4v) is 2.44. The van der Waals surface area contributed by atoms with E-state index < -0.39 is 5.82 Å². The zero-order valence-electron chi connectivity index (χ0n) is 13.5. The van der Waals surface area contributed by atoms with Crippen LogP contribution in [-0.4, -0.2) is 19.9 Å². The normalized spacial score (nSPS) is 10.0. The van der Waals surface area contributed by atoms with Crippen molar-refractivity contribution in [3.8, 4) is 11.8 Å². The Morgan fingerprint density at radius 1 is 1.25 bits per heavy atom. The second kappa shape index (κ2) is 8.68. The van der Waals surface area contributed by atoms with E-state index in [9.17, 15) is 9.18 Å². The first kappa shape index (κ1) is 17.5. The lowest BCUT2D eigenvalue weighted by atomic mass is 10.1. The van der Waals surface area contributed by atoms with E-state index in [-0.39, 0.29) is 5.75 Å². The standard InChI is InChI=1S/C19H19FN2O2/c1-24-19-9-6-16(12-18(19)20)14-22(10-2-3-11-23)17-7-4-15(13-21)5-8-17/h4-9,11-12H,2-3,10,14H2,1H3. The van der Waals surface area contributed by atoms with Crippen LogP contribution in [0, 0.1) is 17.1 Å². The van der Waals surface area contributed by atoms with Gasteiger partial charge in [0.1, 0.15) is 6.29 Å². The molecule has 0 unspecified atom stereocenters. The number of halogens is 1. The Labute approximate surface area is 141 Å². The molecule has 0 bridgehead atoms. The van der Waals surface area contributed by atoms with Gasteiger partial charge < -0.3 is 14.4 Å². The van der Waals surface area contributed by atoms with Crippen molar-refractivity contribution in [3.63, 3.8) is 0 Å². The number of rotatable bonds is 8. The zero-order valence-corrected chi connectivity index (χ0v) is 13.5. The maximum atomic E-state index is 13.9. The molecular formula is C19H19FN2O2. The molecule has 2 aromatic rings. The molecule has 4 nitrogen and oxygen atoms in total. The van der Waals surface area contributed by atoms with Crippen LogP contribution >= 0.6 is 0 Å². The molecule has 124 valence electrons. The van der Waals surface area contributed by atoms with Crippen molar-refractivity contribution < 1.29 is 13.9 Å². The number of nitrogens with zero attached hydrogens (tertiary/aromatic N) is 2. The van der Waals surface area contributed by atoms with Crippen LogP contribution in [0.1, 0.15) is 24.0 Å². The van der Waals surface area contributed by atoms with Crippen molar-refractivity contribution in [2.75, 3.05) is 18.6 Å². The molecule has 0 amide bonds. The second-order valence-electron chi connectivity index (χ2n) is 5.36. The van der Waals surface area contributed by atoms with Gasteiger partial charge in [0.15, 0.2) is 11.6 Å². The smallest absolute Gasteiger partial charge is 0.165 e. The van der Waals surface area contributed by atoms with E-state index in [4.69, 9.17) is 10.00 Å². The molecule has 0 heterocycles. The first-order valence-electron chi connectivity index (χ1n) is 7.69. The molecular weight excluding hydrogens is 307 g/mol. The van der Waals surface area contributed by atoms with E-state index in [2.05, 4.69) is 11.0 Å². The van der Waals surface area contributed by atoms with Crippen LogP contribution in [0.15, 0.2) is 42.5 Å². The molecule has 0 N–H and O–H groups in total. The van der Waals surface area contributed by atoms with Crippen LogP contribution in [0.4, 0.5) is 10.1 Å². The van der Waals surface area contributed by atoms with Crippen molar-refractivity contribution in [2.45, 2.75) is 19.4 Å². The van der Waals surface area contributed by atoms with Gasteiger partial charge in [0, 0.05) is 25.2 Å². The highest BCUT2D eigenvalue weighted by Gasteiger charge is 2.10. The molecule has 2 rings (SSSR count). The highest BCUT2D eigenvalue weighted by molar-refractivity contribution is 5.51. The Hall–Kier alpha value is -2.87. The molecule has 0 spiro atoms. The monoisotopic (exact) mass is 326 g/mol.